The molecule has 0 aliphatic rings. The zero-order valence-electron chi connectivity index (χ0n) is 21.9. The van der Waals surface area contributed by atoms with Crippen LogP contribution >= 0.6 is 15.9 Å². The molecule has 0 atom stereocenters. The van der Waals surface area contributed by atoms with E-state index in [0.717, 1.165) is 10.0 Å². The fourth-order valence-electron chi connectivity index (χ4n) is 3.57. The van der Waals surface area contributed by atoms with E-state index in [9.17, 15) is 13.2 Å². The molecule has 9 nitrogen and oxygen atoms in total. The molecule has 0 bridgehead atoms. The topological polar surface area (TPSA) is 125 Å². The van der Waals surface area contributed by atoms with E-state index in [4.69, 9.17) is 0 Å². The normalized spacial score (nSPS) is 11.6. The molecule has 39 heavy (non-hydrogen) atoms. The van der Waals surface area contributed by atoms with Crippen molar-refractivity contribution in [2.24, 2.45) is 0 Å². The van der Waals surface area contributed by atoms with Gasteiger partial charge in [0, 0.05) is 44.4 Å². The second-order valence-electron chi connectivity index (χ2n) is 9.90. The highest BCUT2D eigenvalue weighted by atomic mass is 79.9. The number of halogens is 1. The number of hydrogen-bond acceptors (Lipinski definition) is 7. The van der Waals surface area contributed by atoms with Gasteiger partial charge in [-0.25, -0.2) is 18.1 Å². The van der Waals surface area contributed by atoms with E-state index in [2.05, 4.69) is 46.6 Å². The minimum absolute atomic E-state index is 0.150. The van der Waals surface area contributed by atoms with E-state index in [-0.39, 0.29) is 10.8 Å². The number of rotatable bonds is 8. The van der Waals surface area contributed by atoms with Gasteiger partial charge >= 0.3 is 0 Å². The maximum absolute atomic E-state index is 12.7. The largest absolute Gasteiger partial charge is 0.340 e. The predicted molar refractivity (Wildman–Crippen MR) is 158 cm³/mol. The standard InChI is InChI=1S/C28H29BrN6O3S/c1-18-17-30-27(33-21-13-11-19(12-14-21)26(36)32-22-8-5-7-20(29)15-22)34-25(18)31-23-9-6-10-24(16-23)39(37,38)35-28(2,3)4/h5-17,35H,1-4H3,(H,32,36)(H2,30,31,33,34). The average molecular weight is 610 g/mol. The molecule has 1 heterocycles. The van der Waals surface area contributed by atoms with Crippen LogP contribution in [0.5, 0.6) is 0 Å². The van der Waals surface area contributed by atoms with E-state index >= 15 is 0 Å². The van der Waals surface area contributed by atoms with Crippen LogP contribution in [0.1, 0.15) is 36.7 Å². The molecule has 0 saturated heterocycles. The molecule has 0 spiro atoms. The quantitative estimate of drug-likeness (QED) is 0.183. The SMILES string of the molecule is Cc1cnc(Nc2ccc(C(=O)Nc3cccc(Br)c3)cc2)nc1Nc1cccc(S(=O)(=O)NC(C)(C)C)c1. The van der Waals surface area contributed by atoms with E-state index in [1.165, 1.54) is 0 Å². The molecule has 1 amide bonds. The number of nitrogens with one attached hydrogen (secondary N) is 4. The second-order valence-corrected chi connectivity index (χ2v) is 12.5. The van der Waals surface area contributed by atoms with Gasteiger partial charge in [-0.05, 0) is 88.4 Å². The molecule has 4 rings (SSSR count). The number of amides is 1. The summed E-state index contributed by atoms with van der Waals surface area (Å²) in [4.78, 5) is 21.6. The fourth-order valence-corrected chi connectivity index (χ4v) is 5.44. The van der Waals surface area contributed by atoms with Crippen LogP contribution < -0.4 is 20.7 Å². The third kappa shape index (κ3) is 7.85. The summed E-state index contributed by atoms with van der Waals surface area (Å²) < 4.78 is 29.0. The Hall–Kier alpha value is -3.80. The van der Waals surface area contributed by atoms with Crippen molar-refractivity contribution in [1.29, 1.82) is 0 Å². The minimum atomic E-state index is -3.69. The van der Waals surface area contributed by atoms with E-state index < -0.39 is 15.6 Å². The molecule has 202 valence electrons. The third-order valence-corrected chi connectivity index (χ3v) is 7.55. The summed E-state index contributed by atoms with van der Waals surface area (Å²) in [5, 5.41) is 9.19. The Labute approximate surface area is 236 Å². The van der Waals surface area contributed by atoms with Crippen molar-refractivity contribution in [1.82, 2.24) is 14.7 Å². The Balaban J connectivity index is 1.46. The van der Waals surface area contributed by atoms with Crippen molar-refractivity contribution >= 4 is 60.7 Å². The van der Waals surface area contributed by atoms with Crippen LogP contribution in [-0.4, -0.2) is 29.8 Å². The van der Waals surface area contributed by atoms with E-state index in [1.54, 1.807) is 75.5 Å². The number of carbonyl (C=O) groups is 1. The predicted octanol–water partition coefficient (Wildman–Crippen LogP) is 6.36. The van der Waals surface area contributed by atoms with Gasteiger partial charge < -0.3 is 16.0 Å². The van der Waals surface area contributed by atoms with Crippen LogP contribution in [0.3, 0.4) is 0 Å². The Morgan fingerprint density at radius 1 is 0.872 bits per heavy atom. The van der Waals surface area contributed by atoms with Crippen LogP contribution in [0.2, 0.25) is 0 Å². The van der Waals surface area contributed by atoms with Gasteiger partial charge in [0.1, 0.15) is 5.82 Å². The lowest BCUT2D eigenvalue weighted by molar-refractivity contribution is 0.102. The number of benzene rings is 3. The van der Waals surface area contributed by atoms with Crippen LogP contribution in [0, 0.1) is 6.92 Å². The van der Waals surface area contributed by atoms with Crippen molar-refractivity contribution in [2.45, 2.75) is 38.1 Å². The zero-order chi connectivity index (χ0) is 28.2. The molecule has 1 aromatic heterocycles. The maximum atomic E-state index is 12.7. The molecule has 0 aliphatic carbocycles. The molecule has 3 aromatic carbocycles. The molecular weight excluding hydrogens is 580 g/mol. The molecule has 0 aliphatic heterocycles. The Bertz CT molecular complexity index is 1600. The first-order valence-electron chi connectivity index (χ1n) is 12.1. The molecule has 0 fully saturated rings. The number of aromatic nitrogens is 2. The maximum Gasteiger partial charge on any atom is 0.255 e. The number of hydrogen-bond donors (Lipinski definition) is 4. The lowest BCUT2D eigenvalue weighted by Gasteiger charge is -2.20. The molecule has 0 unspecified atom stereocenters. The summed E-state index contributed by atoms with van der Waals surface area (Å²) in [6.45, 7) is 7.22. The van der Waals surface area contributed by atoms with Crippen molar-refractivity contribution in [2.75, 3.05) is 16.0 Å². The molecule has 4 N–H and O–H groups in total. The van der Waals surface area contributed by atoms with Crippen LogP contribution in [0.15, 0.2) is 88.4 Å². The first kappa shape index (κ1) is 28.2. The van der Waals surface area contributed by atoms with Gasteiger partial charge in [0.15, 0.2) is 0 Å². The molecular formula is C28H29BrN6O3S. The average Bonchev–Trinajstić information content (AvgIpc) is 2.85. The summed E-state index contributed by atoms with van der Waals surface area (Å²) in [5.74, 6) is 0.642. The lowest BCUT2D eigenvalue weighted by Crippen LogP contribution is -2.40. The number of carbonyl (C=O) groups excluding carboxylic acids is 1. The first-order chi connectivity index (χ1) is 18.4. The van der Waals surface area contributed by atoms with Gasteiger partial charge in [0.05, 0.1) is 4.90 Å². The van der Waals surface area contributed by atoms with Gasteiger partial charge in [-0.15, -0.1) is 0 Å². The summed E-state index contributed by atoms with van der Waals surface area (Å²) in [6.07, 6.45) is 1.67. The Morgan fingerprint density at radius 2 is 1.56 bits per heavy atom. The summed E-state index contributed by atoms with van der Waals surface area (Å²) >= 11 is 3.39. The number of anilines is 5. The van der Waals surface area contributed by atoms with Crippen molar-refractivity contribution < 1.29 is 13.2 Å². The monoisotopic (exact) mass is 608 g/mol. The summed E-state index contributed by atoms with van der Waals surface area (Å²) in [7, 11) is -3.69. The van der Waals surface area contributed by atoms with Gasteiger partial charge in [0.2, 0.25) is 16.0 Å². The van der Waals surface area contributed by atoms with E-state index in [1.807, 2.05) is 31.2 Å². The van der Waals surface area contributed by atoms with Crippen LogP contribution in [0.4, 0.5) is 28.8 Å². The van der Waals surface area contributed by atoms with E-state index in [0.29, 0.717) is 34.4 Å². The Kier molecular flexibility index (Phi) is 8.34. The Morgan fingerprint density at radius 3 is 2.26 bits per heavy atom. The highest BCUT2D eigenvalue weighted by molar-refractivity contribution is 9.10. The second kappa shape index (κ2) is 11.5. The number of nitrogens with zero attached hydrogens (tertiary/aromatic N) is 2. The van der Waals surface area contributed by atoms with Crippen LogP contribution in [-0.2, 0) is 10.0 Å². The smallest absolute Gasteiger partial charge is 0.255 e. The minimum Gasteiger partial charge on any atom is -0.340 e. The van der Waals surface area contributed by atoms with Gasteiger partial charge in [-0.1, -0.05) is 28.1 Å². The summed E-state index contributed by atoms with van der Waals surface area (Å²) in [5.41, 5.74) is 2.64. The first-order valence-corrected chi connectivity index (χ1v) is 14.3. The molecule has 4 aromatic rings. The highest BCUT2D eigenvalue weighted by Crippen LogP contribution is 2.24. The number of sulfonamides is 1. The zero-order valence-corrected chi connectivity index (χ0v) is 24.3. The van der Waals surface area contributed by atoms with Crippen molar-refractivity contribution in [3.8, 4) is 0 Å². The third-order valence-electron chi connectivity index (χ3n) is 5.31. The van der Waals surface area contributed by atoms with Gasteiger partial charge in [-0.3, -0.25) is 4.79 Å². The number of aryl methyl sites for hydroxylation is 1. The molecule has 0 radical (unpaired) electrons. The van der Waals surface area contributed by atoms with Gasteiger partial charge in [-0.2, -0.15) is 4.98 Å². The highest BCUT2D eigenvalue weighted by Gasteiger charge is 2.22. The molecule has 0 saturated carbocycles. The van der Waals surface area contributed by atoms with Crippen molar-refractivity contribution in [3.05, 3.63) is 94.6 Å². The lowest BCUT2D eigenvalue weighted by atomic mass is 10.1. The van der Waals surface area contributed by atoms with Gasteiger partial charge in [0.25, 0.3) is 5.91 Å². The molecule has 11 heteroatoms. The van der Waals surface area contributed by atoms with Crippen molar-refractivity contribution in [3.63, 3.8) is 0 Å². The summed E-state index contributed by atoms with van der Waals surface area (Å²) in [6, 6.07) is 20.9. The van der Waals surface area contributed by atoms with Crippen LogP contribution in [0.25, 0.3) is 0 Å². The fraction of sp³-hybridized carbons (Fsp3) is 0.179.